The van der Waals surface area contributed by atoms with Crippen molar-refractivity contribution in [2.75, 3.05) is 5.32 Å². The molecule has 6 heteroatoms. The first kappa shape index (κ1) is 14.3. The van der Waals surface area contributed by atoms with Crippen molar-refractivity contribution in [3.63, 3.8) is 0 Å². The Hall–Kier alpha value is -1.72. The van der Waals surface area contributed by atoms with E-state index in [0.717, 1.165) is 6.07 Å². The van der Waals surface area contributed by atoms with Gasteiger partial charge in [-0.15, -0.1) is 0 Å². The summed E-state index contributed by atoms with van der Waals surface area (Å²) in [7, 11) is 0. The minimum Gasteiger partial charge on any atom is -0.336 e. The monoisotopic (exact) mass is 260 g/mol. The van der Waals surface area contributed by atoms with Crippen LogP contribution < -0.4 is 10.6 Å². The highest BCUT2D eigenvalue weighted by molar-refractivity contribution is 5.89. The van der Waals surface area contributed by atoms with Gasteiger partial charge in [0.2, 0.25) is 0 Å². The van der Waals surface area contributed by atoms with Crippen molar-refractivity contribution >= 4 is 11.7 Å². The van der Waals surface area contributed by atoms with Crippen molar-refractivity contribution in [2.24, 2.45) is 0 Å². The predicted molar refractivity (Wildman–Crippen MR) is 63.5 cm³/mol. The number of benzene rings is 1. The summed E-state index contributed by atoms with van der Waals surface area (Å²) in [6.07, 6.45) is -4.42. The molecule has 0 saturated carbocycles. The molecule has 0 saturated heterocycles. The van der Waals surface area contributed by atoms with Gasteiger partial charge in [-0.2, -0.15) is 13.2 Å². The highest BCUT2D eigenvalue weighted by Crippen LogP contribution is 2.33. The van der Waals surface area contributed by atoms with Crippen molar-refractivity contribution in [3.05, 3.63) is 29.3 Å². The third-order valence-corrected chi connectivity index (χ3v) is 2.22. The standard InChI is InChI=1S/C12H15F3N2O/c1-7(2)16-11(18)17-9-5-4-8(3)10(6-9)12(13,14)15/h4-7H,1-3H3,(H2,16,17,18). The first-order valence-electron chi connectivity index (χ1n) is 5.45. The second-order valence-corrected chi connectivity index (χ2v) is 4.28. The molecule has 1 aromatic carbocycles. The summed E-state index contributed by atoms with van der Waals surface area (Å²) in [6.45, 7) is 4.90. The summed E-state index contributed by atoms with van der Waals surface area (Å²) in [6, 6.07) is 3.08. The fraction of sp³-hybridized carbons (Fsp3) is 0.417. The van der Waals surface area contributed by atoms with Crippen molar-refractivity contribution < 1.29 is 18.0 Å². The van der Waals surface area contributed by atoms with Gasteiger partial charge in [-0.1, -0.05) is 6.07 Å². The molecule has 100 valence electrons. The summed E-state index contributed by atoms with van der Waals surface area (Å²) in [5, 5.41) is 4.90. The fourth-order valence-electron chi connectivity index (χ4n) is 1.43. The quantitative estimate of drug-likeness (QED) is 0.839. The third kappa shape index (κ3) is 3.94. The zero-order chi connectivity index (χ0) is 13.9. The Kier molecular flexibility index (Phi) is 4.21. The largest absolute Gasteiger partial charge is 0.416 e. The van der Waals surface area contributed by atoms with E-state index in [4.69, 9.17) is 0 Å². The van der Waals surface area contributed by atoms with Crippen LogP contribution in [0, 0.1) is 6.92 Å². The van der Waals surface area contributed by atoms with Gasteiger partial charge in [0.05, 0.1) is 5.56 Å². The number of urea groups is 1. The van der Waals surface area contributed by atoms with Crippen LogP contribution in [-0.2, 0) is 6.18 Å². The van der Waals surface area contributed by atoms with Gasteiger partial charge in [-0.25, -0.2) is 4.79 Å². The molecule has 2 N–H and O–H groups in total. The molecule has 0 unspecified atom stereocenters. The highest BCUT2D eigenvalue weighted by Gasteiger charge is 2.32. The number of rotatable bonds is 2. The van der Waals surface area contributed by atoms with Crippen LogP contribution in [0.4, 0.5) is 23.7 Å². The molecular weight excluding hydrogens is 245 g/mol. The van der Waals surface area contributed by atoms with Crippen molar-refractivity contribution in [1.82, 2.24) is 5.32 Å². The Morgan fingerprint density at radius 2 is 1.89 bits per heavy atom. The van der Waals surface area contributed by atoms with Gasteiger partial charge < -0.3 is 10.6 Å². The molecule has 18 heavy (non-hydrogen) atoms. The Balaban J connectivity index is 2.89. The molecule has 0 radical (unpaired) electrons. The maximum atomic E-state index is 12.6. The van der Waals surface area contributed by atoms with Crippen LogP contribution in [0.3, 0.4) is 0 Å². The maximum Gasteiger partial charge on any atom is 0.416 e. The number of hydrogen-bond donors (Lipinski definition) is 2. The van der Waals surface area contributed by atoms with Gasteiger partial charge in [0, 0.05) is 11.7 Å². The molecule has 0 spiro atoms. The lowest BCUT2D eigenvalue weighted by molar-refractivity contribution is -0.138. The first-order valence-corrected chi connectivity index (χ1v) is 5.45. The minimum atomic E-state index is -4.42. The number of amides is 2. The van der Waals surface area contributed by atoms with Crippen molar-refractivity contribution in [2.45, 2.75) is 33.0 Å². The van der Waals surface area contributed by atoms with Gasteiger partial charge in [-0.05, 0) is 38.5 Å². The Bertz CT molecular complexity index is 441. The van der Waals surface area contributed by atoms with E-state index < -0.39 is 17.8 Å². The number of anilines is 1. The lowest BCUT2D eigenvalue weighted by Crippen LogP contribution is -2.34. The lowest BCUT2D eigenvalue weighted by Gasteiger charge is -2.14. The maximum absolute atomic E-state index is 12.6. The van der Waals surface area contributed by atoms with E-state index in [9.17, 15) is 18.0 Å². The number of halogens is 3. The number of carbonyl (C=O) groups is 1. The molecule has 0 atom stereocenters. The highest BCUT2D eigenvalue weighted by atomic mass is 19.4. The Morgan fingerprint density at radius 3 is 2.39 bits per heavy atom. The molecule has 1 rings (SSSR count). The van der Waals surface area contributed by atoms with E-state index in [-0.39, 0.29) is 17.3 Å². The average molecular weight is 260 g/mol. The Labute approximate surface area is 103 Å². The molecule has 3 nitrogen and oxygen atoms in total. The number of carbonyl (C=O) groups excluding carboxylic acids is 1. The summed E-state index contributed by atoms with van der Waals surface area (Å²) in [5.41, 5.74) is -0.506. The summed E-state index contributed by atoms with van der Waals surface area (Å²) < 4.78 is 37.9. The van der Waals surface area contributed by atoms with Crippen LogP contribution in [0.5, 0.6) is 0 Å². The van der Waals surface area contributed by atoms with Crippen molar-refractivity contribution in [3.8, 4) is 0 Å². The molecule has 1 aromatic rings. The van der Waals surface area contributed by atoms with Gasteiger partial charge in [0.15, 0.2) is 0 Å². The normalized spacial score (nSPS) is 11.5. The third-order valence-electron chi connectivity index (χ3n) is 2.22. The number of hydrogen-bond acceptors (Lipinski definition) is 1. The first-order chi connectivity index (χ1) is 8.20. The van der Waals surface area contributed by atoms with Crippen LogP contribution in [-0.4, -0.2) is 12.1 Å². The van der Waals surface area contributed by atoms with E-state index in [1.54, 1.807) is 13.8 Å². The molecule has 0 aliphatic rings. The van der Waals surface area contributed by atoms with Gasteiger partial charge in [-0.3, -0.25) is 0 Å². The summed E-state index contributed by atoms with van der Waals surface area (Å²) in [5.74, 6) is 0. The van der Waals surface area contributed by atoms with Crippen LogP contribution in [0.15, 0.2) is 18.2 Å². The zero-order valence-electron chi connectivity index (χ0n) is 10.4. The minimum absolute atomic E-state index is 0.0856. The smallest absolute Gasteiger partial charge is 0.336 e. The predicted octanol–water partition coefficient (Wildman–Crippen LogP) is 3.54. The SMILES string of the molecule is Cc1ccc(NC(=O)NC(C)C)cc1C(F)(F)F. The van der Waals surface area contributed by atoms with Gasteiger partial charge >= 0.3 is 12.2 Å². The number of alkyl halides is 3. The van der Waals surface area contributed by atoms with Gasteiger partial charge in [0.1, 0.15) is 0 Å². The summed E-state index contributed by atoms with van der Waals surface area (Å²) in [4.78, 5) is 11.4. The van der Waals surface area contributed by atoms with Gasteiger partial charge in [0.25, 0.3) is 0 Å². The van der Waals surface area contributed by atoms with E-state index in [2.05, 4.69) is 10.6 Å². The number of nitrogens with one attached hydrogen (secondary N) is 2. The topological polar surface area (TPSA) is 41.1 Å². The lowest BCUT2D eigenvalue weighted by atomic mass is 10.1. The van der Waals surface area contributed by atoms with Crippen molar-refractivity contribution in [1.29, 1.82) is 0 Å². The van der Waals surface area contributed by atoms with Crippen LogP contribution >= 0.6 is 0 Å². The Morgan fingerprint density at radius 1 is 1.28 bits per heavy atom. The van der Waals surface area contributed by atoms with E-state index in [1.807, 2.05) is 0 Å². The van der Waals surface area contributed by atoms with E-state index in [1.165, 1.54) is 19.1 Å². The molecular formula is C12H15F3N2O. The molecule has 2 amide bonds. The second kappa shape index (κ2) is 5.29. The molecule has 0 heterocycles. The molecule has 0 fully saturated rings. The zero-order valence-corrected chi connectivity index (χ0v) is 10.4. The second-order valence-electron chi connectivity index (χ2n) is 4.28. The van der Waals surface area contributed by atoms with E-state index >= 15 is 0 Å². The molecule has 0 bridgehead atoms. The summed E-state index contributed by atoms with van der Waals surface area (Å²) >= 11 is 0. The van der Waals surface area contributed by atoms with Crippen LogP contribution in [0.2, 0.25) is 0 Å². The van der Waals surface area contributed by atoms with E-state index in [0.29, 0.717) is 0 Å². The molecule has 0 aliphatic heterocycles. The molecule has 0 aliphatic carbocycles. The van der Waals surface area contributed by atoms with Crippen LogP contribution in [0.25, 0.3) is 0 Å². The number of aryl methyl sites for hydroxylation is 1. The fourth-order valence-corrected chi connectivity index (χ4v) is 1.43. The van der Waals surface area contributed by atoms with Crippen LogP contribution in [0.1, 0.15) is 25.0 Å². The molecule has 0 aromatic heterocycles. The average Bonchev–Trinajstić information content (AvgIpc) is 2.17.